The van der Waals surface area contributed by atoms with Crippen molar-refractivity contribution in [1.82, 2.24) is 4.90 Å². The van der Waals surface area contributed by atoms with Gasteiger partial charge >= 0.3 is 6.03 Å². The first-order valence-corrected chi connectivity index (χ1v) is 6.86. The van der Waals surface area contributed by atoms with Crippen molar-refractivity contribution < 1.29 is 13.2 Å². The number of rotatable bonds is 1. The number of carbonyl (C=O) groups excluding carboxylic acids is 1. The van der Waals surface area contributed by atoms with Gasteiger partial charge in [0, 0.05) is 24.3 Å². The molecule has 0 spiro atoms. The number of urea groups is 1. The molecule has 1 atom stereocenters. The van der Waals surface area contributed by atoms with Crippen molar-refractivity contribution >= 4 is 27.6 Å². The molecule has 0 aromatic heterocycles. The number of sulfone groups is 1. The number of amides is 2. The van der Waals surface area contributed by atoms with Crippen LogP contribution in [0.15, 0.2) is 0 Å². The van der Waals surface area contributed by atoms with Crippen LogP contribution in [0.1, 0.15) is 0 Å². The van der Waals surface area contributed by atoms with Crippen LogP contribution in [0.2, 0.25) is 0 Å². The zero-order valence-corrected chi connectivity index (χ0v) is 8.90. The number of carbonyl (C=O) groups is 1. The largest absolute Gasteiger partial charge is 0.351 e. The average molecular weight is 224 g/mol. The number of primary amides is 1. The Hall–Kier alpha value is -0.430. The fourth-order valence-corrected chi connectivity index (χ4v) is 4.01. The number of thioether (sulfide) groups is 1. The molecular formula is C6H12N2O3S2. The van der Waals surface area contributed by atoms with Gasteiger partial charge in [0.15, 0.2) is 9.84 Å². The van der Waals surface area contributed by atoms with Crippen LogP contribution in [0.5, 0.6) is 0 Å². The van der Waals surface area contributed by atoms with E-state index in [-0.39, 0.29) is 0 Å². The van der Waals surface area contributed by atoms with Crippen LogP contribution in [-0.2, 0) is 9.84 Å². The summed E-state index contributed by atoms with van der Waals surface area (Å²) >= 11 is 1.52. The van der Waals surface area contributed by atoms with E-state index >= 15 is 0 Å². The molecule has 1 aliphatic heterocycles. The van der Waals surface area contributed by atoms with E-state index in [4.69, 9.17) is 5.73 Å². The summed E-state index contributed by atoms with van der Waals surface area (Å²) in [6.07, 6.45) is 1.12. The summed E-state index contributed by atoms with van der Waals surface area (Å²) in [6, 6.07) is -0.657. The van der Waals surface area contributed by atoms with E-state index in [1.54, 1.807) is 0 Å². The summed E-state index contributed by atoms with van der Waals surface area (Å²) in [5.41, 5.74) is 5.07. The van der Waals surface area contributed by atoms with Gasteiger partial charge in [-0.2, -0.15) is 11.8 Å². The number of nitrogens with two attached hydrogens (primary N) is 1. The van der Waals surface area contributed by atoms with E-state index in [0.717, 1.165) is 12.0 Å². The first-order valence-electron chi connectivity index (χ1n) is 3.75. The number of nitrogens with zero attached hydrogens (tertiary/aromatic N) is 1. The molecule has 5 nitrogen and oxygen atoms in total. The number of hydrogen-bond donors (Lipinski definition) is 1. The molecule has 0 aromatic carbocycles. The average Bonchev–Trinajstić information content (AvgIpc) is 2.03. The maximum Gasteiger partial charge on any atom is 0.315 e. The lowest BCUT2D eigenvalue weighted by Gasteiger charge is -2.32. The monoisotopic (exact) mass is 224 g/mol. The topological polar surface area (TPSA) is 80.5 Å². The molecule has 0 aliphatic carbocycles. The minimum atomic E-state index is -3.22. The molecule has 1 fully saturated rings. The lowest BCUT2D eigenvalue weighted by atomic mass is 10.5. The highest BCUT2D eigenvalue weighted by molar-refractivity contribution is 8.00. The molecular weight excluding hydrogens is 212 g/mol. The predicted molar refractivity (Wildman–Crippen MR) is 52.2 cm³/mol. The van der Waals surface area contributed by atoms with Crippen molar-refractivity contribution in [3.8, 4) is 0 Å². The molecule has 13 heavy (non-hydrogen) atoms. The van der Waals surface area contributed by atoms with E-state index in [9.17, 15) is 13.2 Å². The van der Waals surface area contributed by atoms with Crippen LogP contribution in [0.4, 0.5) is 4.79 Å². The Morgan fingerprint density at radius 2 is 2.23 bits per heavy atom. The van der Waals surface area contributed by atoms with Crippen molar-refractivity contribution in [2.75, 3.05) is 24.3 Å². The summed E-state index contributed by atoms with van der Waals surface area (Å²) in [7, 11) is -3.22. The van der Waals surface area contributed by atoms with E-state index < -0.39 is 21.2 Å². The zero-order valence-electron chi connectivity index (χ0n) is 7.26. The van der Waals surface area contributed by atoms with E-state index in [0.29, 0.717) is 12.3 Å². The second kappa shape index (κ2) is 3.75. The third-order valence-corrected chi connectivity index (χ3v) is 4.51. The highest BCUT2D eigenvalue weighted by Crippen LogP contribution is 2.19. The van der Waals surface area contributed by atoms with Gasteiger partial charge in [-0.15, -0.1) is 0 Å². The maximum atomic E-state index is 11.2. The summed E-state index contributed by atoms with van der Waals surface area (Å²) < 4.78 is 22.5. The van der Waals surface area contributed by atoms with Crippen molar-refractivity contribution in [2.24, 2.45) is 5.73 Å². The van der Waals surface area contributed by atoms with E-state index in [1.165, 1.54) is 16.7 Å². The molecule has 1 aliphatic rings. The molecule has 1 heterocycles. The Morgan fingerprint density at radius 1 is 1.62 bits per heavy atom. The summed E-state index contributed by atoms with van der Waals surface area (Å²) in [6.45, 7) is 0.414. The van der Waals surface area contributed by atoms with E-state index in [1.807, 2.05) is 0 Å². The summed E-state index contributed by atoms with van der Waals surface area (Å²) in [5.74, 6) is 1.16. The number of hydrogen-bond acceptors (Lipinski definition) is 4. The molecule has 0 aromatic rings. The molecule has 0 bridgehead atoms. The smallest absolute Gasteiger partial charge is 0.315 e. The van der Waals surface area contributed by atoms with Crippen LogP contribution in [0, 0.1) is 0 Å². The first kappa shape index (κ1) is 10.6. The van der Waals surface area contributed by atoms with Crippen molar-refractivity contribution in [3.63, 3.8) is 0 Å². The van der Waals surface area contributed by atoms with Crippen LogP contribution in [0.3, 0.4) is 0 Å². The van der Waals surface area contributed by atoms with E-state index in [2.05, 4.69) is 0 Å². The van der Waals surface area contributed by atoms with Crippen LogP contribution >= 0.6 is 11.8 Å². The Morgan fingerprint density at radius 3 is 2.62 bits per heavy atom. The molecule has 76 valence electrons. The van der Waals surface area contributed by atoms with Gasteiger partial charge < -0.3 is 10.6 Å². The first-order chi connectivity index (χ1) is 5.93. The highest BCUT2D eigenvalue weighted by Gasteiger charge is 2.32. The van der Waals surface area contributed by atoms with Gasteiger partial charge in [0.25, 0.3) is 0 Å². The minimum absolute atomic E-state index is 0.414. The lowest BCUT2D eigenvalue weighted by molar-refractivity contribution is 0.206. The second-order valence-corrected chi connectivity index (χ2v) is 6.24. The molecule has 0 radical (unpaired) electrons. The SMILES string of the molecule is CS(=O)(=O)C1CSCCN1C(N)=O. The fourth-order valence-electron chi connectivity index (χ4n) is 1.19. The Bertz CT molecular complexity index is 301. The minimum Gasteiger partial charge on any atom is -0.351 e. The molecule has 1 rings (SSSR count). The van der Waals surface area contributed by atoms with Gasteiger partial charge in [-0.25, -0.2) is 13.2 Å². The summed E-state index contributed by atoms with van der Waals surface area (Å²) in [5, 5.41) is -0.747. The van der Waals surface area contributed by atoms with Crippen LogP contribution in [-0.4, -0.2) is 49.0 Å². The molecule has 0 saturated carbocycles. The van der Waals surface area contributed by atoms with Crippen LogP contribution < -0.4 is 5.73 Å². The molecule has 2 N–H and O–H groups in total. The fraction of sp³-hybridized carbons (Fsp3) is 0.833. The Labute approximate surface area is 81.6 Å². The third-order valence-electron chi connectivity index (χ3n) is 1.86. The quantitative estimate of drug-likeness (QED) is 0.650. The Kier molecular flexibility index (Phi) is 3.07. The van der Waals surface area contributed by atoms with Crippen molar-refractivity contribution in [2.45, 2.75) is 5.37 Å². The molecule has 2 amide bonds. The van der Waals surface area contributed by atoms with Gasteiger partial charge in [-0.3, -0.25) is 0 Å². The van der Waals surface area contributed by atoms with Gasteiger partial charge in [-0.05, 0) is 0 Å². The van der Waals surface area contributed by atoms with Gasteiger partial charge in [-0.1, -0.05) is 0 Å². The van der Waals surface area contributed by atoms with Gasteiger partial charge in [0.2, 0.25) is 0 Å². The molecule has 1 unspecified atom stereocenters. The highest BCUT2D eigenvalue weighted by atomic mass is 32.2. The molecule has 1 saturated heterocycles. The second-order valence-electron chi connectivity index (χ2n) is 2.89. The van der Waals surface area contributed by atoms with Gasteiger partial charge in [0.1, 0.15) is 5.37 Å². The van der Waals surface area contributed by atoms with Crippen molar-refractivity contribution in [1.29, 1.82) is 0 Å². The summed E-state index contributed by atoms with van der Waals surface area (Å²) in [4.78, 5) is 12.1. The zero-order chi connectivity index (χ0) is 10.1. The third kappa shape index (κ3) is 2.50. The van der Waals surface area contributed by atoms with Gasteiger partial charge in [0.05, 0.1) is 0 Å². The lowest BCUT2D eigenvalue weighted by Crippen LogP contribution is -2.51. The van der Waals surface area contributed by atoms with Crippen molar-refractivity contribution in [3.05, 3.63) is 0 Å². The predicted octanol–water partition coefficient (Wildman–Crippen LogP) is -0.515. The molecule has 7 heteroatoms. The van der Waals surface area contributed by atoms with Crippen LogP contribution in [0.25, 0.3) is 0 Å². The standard InChI is InChI=1S/C6H12N2O3S2/c1-13(10,11)5-4-12-3-2-8(5)6(7)9/h5H,2-4H2,1H3,(H2,7,9). The Balaban J connectivity index is 2.86. The maximum absolute atomic E-state index is 11.2. The normalized spacial score (nSPS) is 24.4.